The summed E-state index contributed by atoms with van der Waals surface area (Å²) in [6.07, 6.45) is 2.97. The second-order valence-electron chi connectivity index (χ2n) is 0.786. The topological polar surface area (TPSA) is 33.6 Å². The largest absolute Gasteiger partial charge is 0.300 e. The number of hydrogen-bond donors (Lipinski definition) is 1. The van der Waals surface area contributed by atoms with Crippen LogP contribution in [0, 0.1) is 0 Å². The van der Waals surface area contributed by atoms with Gasteiger partial charge in [-0.25, -0.2) is 0 Å². The van der Waals surface area contributed by atoms with Crippen LogP contribution in [0.5, 0.6) is 0 Å². The van der Waals surface area contributed by atoms with Crippen LogP contribution in [0.25, 0.3) is 0 Å². The highest BCUT2D eigenvalue weighted by molar-refractivity contribution is 5.69. The van der Waals surface area contributed by atoms with Crippen molar-refractivity contribution in [1.82, 2.24) is 5.48 Å². The number of hydroxylamine groups is 1. The second-order valence-corrected chi connectivity index (χ2v) is 0.786. The predicted molar refractivity (Wildman–Crippen MR) is 28.8 cm³/mol. The molecule has 0 heterocycles. The fourth-order valence-corrected chi connectivity index (χ4v) is 0.126. The van der Waals surface area contributed by atoms with E-state index in [1.54, 1.807) is 7.05 Å². The van der Waals surface area contributed by atoms with Crippen molar-refractivity contribution in [2.24, 2.45) is 5.16 Å². The van der Waals surface area contributed by atoms with E-state index in [9.17, 15) is 0 Å². The zero-order valence-electron chi connectivity index (χ0n) is 4.22. The summed E-state index contributed by atoms with van der Waals surface area (Å²) in [6.45, 7) is 3.38. The van der Waals surface area contributed by atoms with Crippen LogP contribution in [0.15, 0.2) is 17.8 Å². The van der Waals surface area contributed by atoms with Gasteiger partial charge >= 0.3 is 0 Å². The first-order chi connectivity index (χ1) is 3.41. The van der Waals surface area contributed by atoms with Gasteiger partial charge < -0.3 is 4.94 Å². The minimum atomic E-state index is 1.44. The molecule has 0 saturated carbocycles. The molecule has 0 aromatic rings. The Labute approximate surface area is 42.6 Å². The van der Waals surface area contributed by atoms with Crippen LogP contribution >= 0.6 is 0 Å². The van der Waals surface area contributed by atoms with E-state index in [-0.39, 0.29) is 0 Å². The van der Waals surface area contributed by atoms with Crippen molar-refractivity contribution < 1.29 is 4.94 Å². The fourth-order valence-electron chi connectivity index (χ4n) is 0.126. The van der Waals surface area contributed by atoms with Gasteiger partial charge in [-0.1, -0.05) is 11.7 Å². The Hall–Kier alpha value is -0.830. The van der Waals surface area contributed by atoms with Crippen molar-refractivity contribution in [3.05, 3.63) is 12.7 Å². The fraction of sp³-hybridized carbons (Fsp3) is 0.250. The lowest BCUT2D eigenvalue weighted by Gasteiger charge is -1.86. The minimum absolute atomic E-state index is 1.44. The van der Waals surface area contributed by atoms with Crippen LogP contribution in [0.1, 0.15) is 0 Å². The van der Waals surface area contributed by atoms with Gasteiger partial charge in [0.05, 0.1) is 6.21 Å². The summed E-state index contributed by atoms with van der Waals surface area (Å²) in [6, 6.07) is 0. The number of hydrogen-bond acceptors (Lipinski definition) is 3. The lowest BCUT2D eigenvalue weighted by molar-refractivity contribution is 0.0659. The molecule has 7 heavy (non-hydrogen) atoms. The Morgan fingerprint density at radius 3 is 3.00 bits per heavy atom. The molecule has 0 radical (unpaired) electrons. The van der Waals surface area contributed by atoms with Gasteiger partial charge in [0.1, 0.15) is 0 Å². The highest BCUT2D eigenvalue weighted by atomic mass is 16.8. The Kier molecular flexibility index (Phi) is 4.56. The maximum Gasteiger partial charge on any atom is 0.0682 e. The predicted octanol–water partition coefficient (Wildman–Crippen LogP) is 0.309. The number of oxime groups is 1. The number of rotatable bonds is 3. The molecule has 0 fully saturated rings. The van der Waals surface area contributed by atoms with Crippen LogP contribution in [0.3, 0.4) is 0 Å². The van der Waals surface area contributed by atoms with Gasteiger partial charge in [0.25, 0.3) is 0 Å². The lowest BCUT2D eigenvalue weighted by Crippen LogP contribution is -2.00. The summed E-state index contributed by atoms with van der Waals surface area (Å²) in [5.41, 5.74) is 2.36. The van der Waals surface area contributed by atoms with Crippen molar-refractivity contribution in [3.63, 3.8) is 0 Å². The Morgan fingerprint density at radius 1 is 1.86 bits per heavy atom. The van der Waals surface area contributed by atoms with Crippen LogP contribution in [-0.4, -0.2) is 13.3 Å². The smallest absolute Gasteiger partial charge is 0.0682 e. The summed E-state index contributed by atoms with van der Waals surface area (Å²) < 4.78 is 0. The maximum atomic E-state index is 4.32. The average Bonchev–Trinajstić information content (AvgIpc) is 1.69. The summed E-state index contributed by atoms with van der Waals surface area (Å²) in [5.74, 6) is 0. The Balaban J connectivity index is 2.92. The summed E-state index contributed by atoms with van der Waals surface area (Å²) in [7, 11) is 1.63. The third-order valence-corrected chi connectivity index (χ3v) is 0.310. The second kappa shape index (κ2) is 5.17. The molecule has 0 unspecified atom stereocenters. The first-order valence-electron chi connectivity index (χ1n) is 1.89. The zero-order chi connectivity index (χ0) is 5.54. The van der Waals surface area contributed by atoms with Gasteiger partial charge in [-0.2, -0.15) is 0 Å². The molecule has 0 amide bonds. The van der Waals surface area contributed by atoms with Crippen molar-refractivity contribution in [1.29, 1.82) is 0 Å². The summed E-state index contributed by atoms with van der Waals surface area (Å²) >= 11 is 0. The Bertz CT molecular complexity index is 70.1. The molecule has 0 bridgehead atoms. The molecule has 40 valence electrons. The van der Waals surface area contributed by atoms with Crippen LogP contribution in [0.4, 0.5) is 0 Å². The van der Waals surface area contributed by atoms with Gasteiger partial charge in [-0.15, -0.1) is 5.48 Å². The molecule has 0 spiro atoms. The molecule has 0 aliphatic rings. The summed E-state index contributed by atoms with van der Waals surface area (Å²) in [5, 5.41) is 3.35. The molecular formula is C4H8N2O. The number of nitrogens with one attached hydrogen (secondary N) is 1. The van der Waals surface area contributed by atoms with Gasteiger partial charge in [-0.3, -0.25) is 0 Å². The third-order valence-electron chi connectivity index (χ3n) is 0.310. The highest BCUT2D eigenvalue weighted by Crippen LogP contribution is 1.61. The maximum absolute atomic E-state index is 4.32. The van der Waals surface area contributed by atoms with Crippen molar-refractivity contribution in [2.75, 3.05) is 7.05 Å². The SMILES string of the molecule is C=CC=NONC. The number of allylic oxidation sites excluding steroid dienone is 1. The first kappa shape index (κ1) is 6.17. The van der Waals surface area contributed by atoms with E-state index in [4.69, 9.17) is 0 Å². The molecule has 3 nitrogen and oxygen atoms in total. The molecule has 0 saturated heterocycles. The van der Waals surface area contributed by atoms with Crippen molar-refractivity contribution in [3.8, 4) is 0 Å². The van der Waals surface area contributed by atoms with E-state index in [2.05, 4.69) is 22.2 Å². The van der Waals surface area contributed by atoms with Crippen LogP contribution in [-0.2, 0) is 4.94 Å². The van der Waals surface area contributed by atoms with E-state index in [1.807, 2.05) is 0 Å². The van der Waals surface area contributed by atoms with Gasteiger partial charge in [0.15, 0.2) is 0 Å². The van der Waals surface area contributed by atoms with E-state index in [0.29, 0.717) is 0 Å². The molecule has 1 N–H and O–H groups in total. The molecule has 0 aromatic heterocycles. The number of nitrogens with zero attached hydrogens (tertiary/aromatic N) is 1. The van der Waals surface area contributed by atoms with Crippen molar-refractivity contribution in [2.45, 2.75) is 0 Å². The molecular weight excluding hydrogens is 92.1 g/mol. The monoisotopic (exact) mass is 100 g/mol. The minimum Gasteiger partial charge on any atom is -0.300 e. The van der Waals surface area contributed by atoms with E-state index in [1.165, 1.54) is 12.3 Å². The highest BCUT2D eigenvalue weighted by Gasteiger charge is 1.60. The van der Waals surface area contributed by atoms with Crippen LogP contribution < -0.4 is 5.48 Å². The summed E-state index contributed by atoms with van der Waals surface area (Å²) in [4.78, 5) is 4.32. The molecule has 3 heteroatoms. The standard InChI is InChI=1S/C4H8N2O/c1-3-4-6-7-5-2/h3-5H,1H2,2H3. The van der Waals surface area contributed by atoms with E-state index in [0.717, 1.165) is 0 Å². The van der Waals surface area contributed by atoms with Gasteiger partial charge in [0.2, 0.25) is 0 Å². The average molecular weight is 100 g/mol. The van der Waals surface area contributed by atoms with Crippen molar-refractivity contribution >= 4 is 6.21 Å². The lowest BCUT2D eigenvalue weighted by atomic mass is 10.7. The molecule has 0 aliphatic carbocycles. The third kappa shape index (κ3) is 5.17. The zero-order valence-corrected chi connectivity index (χ0v) is 4.22. The molecule has 0 aliphatic heterocycles. The molecule has 0 aromatic carbocycles. The van der Waals surface area contributed by atoms with Gasteiger partial charge in [0, 0.05) is 7.05 Å². The van der Waals surface area contributed by atoms with E-state index < -0.39 is 0 Å². The van der Waals surface area contributed by atoms with Crippen LogP contribution in [0.2, 0.25) is 0 Å². The quantitative estimate of drug-likeness (QED) is 0.409. The Morgan fingerprint density at radius 2 is 2.57 bits per heavy atom. The normalized spacial score (nSPS) is 9.29. The van der Waals surface area contributed by atoms with E-state index >= 15 is 0 Å². The molecule has 0 atom stereocenters. The van der Waals surface area contributed by atoms with Gasteiger partial charge in [-0.05, 0) is 6.08 Å². The molecule has 0 rings (SSSR count). The first-order valence-corrected chi connectivity index (χ1v) is 1.89.